The van der Waals surface area contributed by atoms with E-state index in [-0.39, 0.29) is 5.41 Å². The van der Waals surface area contributed by atoms with Crippen molar-refractivity contribution in [2.45, 2.75) is 45.6 Å². The number of nitrogens with zero attached hydrogens (tertiary/aromatic N) is 3. The molecule has 2 aromatic rings. The smallest absolute Gasteiger partial charge is 0.222 e. The number of aromatic amines is 1. The van der Waals surface area contributed by atoms with E-state index in [4.69, 9.17) is 4.42 Å². The molecule has 0 radical (unpaired) electrons. The lowest BCUT2D eigenvalue weighted by molar-refractivity contribution is -0.139. The minimum Gasteiger partial charge on any atom is -0.465 e. The Morgan fingerprint density at radius 2 is 2.23 bits per heavy atom. The summed E-state index contributed by atoms with van der Waals surface area (Å²) >= 11 is 0. The molecule has 1 spiro atoms. The van der Waals surface area contributed by atoms with Gasteiger partial charge in [-0.25, -0.2) is 4.98 Å². The van der Waals surface area contributed by atoms with Crippen molar-refractivity contribution in [3.63, 3.8) is 0 Å². The maximum Gasteiger partial charge on any atom is 0.222 e. The van der Waals surface area contributed by atoms with Gasteiger partial charge in [-0.3, -0.25) is 9.69 Å². The first-order valence-electron chi connectivity index (χ1n) is 9.65. The first-order valence-corrected chi connectivity index (χ1v) is 9.65. The maximum absolute atomic E-state index is 12.4. The largest absolute Gasteiger partial charge is 0.465 e. The predicted octanol–water partition coefficient (Wildman–Crippen LogP) is 2.76. The van der Waals surface area contributed by atoms with Gasteiger partial charge in [0.1, 0.15) is 11.5 Å². The lowest BCUT2D eigenvalue weighted by Gasteiger charge is -2.48. The fraction of sp³-hybridized carbons (Fsp3) is 0.600. The van der Waals surface area contributed by atoms with E-state index in [1.54, 1.807) is 6.33 Å². The molecule has 4 heterocycles. The second-order valence-electron chi connectivity index (χ2n) is 7.97. The lowest BCUT2D eigenvalue weighted by Crippen LogP contribution is -2.54. The highest BCUT2D eigenvalue weighted by Gasteiger charge is 2.41. The molecule has 6 heteroatoms. The lowest BCUT2D eigenvalue weighted by atomic mass is 9.73. The molecule has 0 bridgehead atoms. The summed E-state index contributed by atoms with van der Waals surface area (Å²) in [5.74, 6) is 2.32. The minimum atomic E-state index is 0.238. The van der Waals surface area contributed by atoms with E-state index < -0.39 is 0 Å². The number of carbonyl (C=O) groups excluding carboxylic acids is 1. The number of H-pyrrole nitrogens is 1. The van der Waals surface area contributed by atoms with Gasteiger partial charge in [0.25, 0.3) is 0 Å². The van der Waals surface area contributed by atoms with Crippen molar-refractivity contribution in [2.24, 2.45) is 5.41 Å². The standard InChI is InChI=1S/C20H28N4O2/c1-16-3-4-18(26-16)12-23-9-2-7-20(13-23)8-5-19(25)24(14-20)10-6-17-11-21-15-22-17/h3-4,11,15H,2,5-10,12-14H2,1H3,(H,21,22). The summed E-state index contributed by atoms with van der Waals surface area (Å²) in [6.45, 7) is 6.70. The van der Waals surface area contributed by atoms with Crippen LogP contribution >= 0.6 is 0 Å². The van der Waals surface area contributed by atoms with Gasteiger partial charge in [0.15, 0.2) is 0 Å². The molecule has 6 nitrogen and oxygen atoms in total. The maximum atomic E-state index is 12.4. The Labute approximate surface area is 154 Å². The summed E-state index contributed by atoms with van der Waals surface area (Å²) in [5, 5.41) is 0. The summed E-state index contributed by atoms with van der Waals surface area (Å²) in [6, 6.07) is 4.11. The van der Waals surface area contributed by atoms with Crippen LogP contribution in [0, 0.1) is 12.3 Å². The zero-order valence-electron chi connectivity index (χ0n) is 15.5. The van der Waals surface area contributed by atoms with Gasteiger partial charge in [-0.15, -0.1) is 0 Å². The van der Waals surface area contributed by atoms with Crippen LogP contribution in [0.15, 0.2) is 29.1 Å². The van der Waals surface area contributed by atoms with Crippen LogP contribution in [0.5, 0.6) is 0 Å². The Bertz CT molecular complexity index is 739. The second kappa shape index (κ2) is 7.27. The van der Waals surface area contributed by atoms with E-state index in [9.17, 15) is 4.79 Å². The number of hydrogen-bond acceptors (Lipinski definition) is 4. The normalized spacial score (nSPS) is 24.5. The van der Waals surface area contributed by atoms with Gasteiger partial charge in [0, 0.05) is 49.8 Å². The van der Waals surface area contributed by atoms with Crippen LogP contribution in [0.2, 0.25) is 0 Å². The number of piperidine rings is 2. The molecule has 140 valence electrons. The third-order valence-corrected chi connectivity index (χ3v) is 5.87. The summed E-state index contributed by atoms with van der Waals surface area (Å²) in [5.41, 5.74) is 1.33. The van der Waals surface area contributed by atoms with E-state index in [0.29, 0.717) is 12.3 Å². The van der Waals surface area contributed by atoms with E-state index >= 15 is 0 Å². The fourth-order valence-corrected chi connectivity index (χ4v) is 4.55. The van der Waals surface area contributed by atoms with Crippen LogP contribution in [-0.2, 0) is 17.8 Å². The highest BCUT2D eigenvalue weighted by Crippen LogP contribution is 2.39. The summed E-state index contributed by atoms with van der Waals surface area (Å²) < 4.78 is 5.76. The molecule has 1 atom stereocenters. The Morgan fingerprint density at radius 1 is 1.31 bits per heavy atom. The Morgan fingerprint density at radius 3 is 3.00 bits per heavy atom. The Hall–Kier alpha value is -2.08. The van der Waals surface area contributed by atoms with Gasteiger partial charge in [-0.1, -0.05) is 0 Å². The molecule has 2 aromatic heterocycles. The minimum absolute atomic E-state index is 0.238. The third kappa shape index (κ3) is 3.85. The molecule has 1 amide bonds. The molecule has 4 rings (SSSR count). The number of carbonyl (C=O) groups is 1. The molecular weight excluding hydrogens is 328 g/mol. The molecule has 2 fully saturated rings. The number of nitrogens with one attached hydrogen (secondary N) is 1. The zero-order valence-corrected chi connectivity index (χ0v) is 15.5. The second-order valence-corrected chi connectivity index (χ2v) is 7.97. The van der Waals surface area contributed by atoms with Gasteiger partial charge in [-0.05, 0) is 44.9 Å². The topological polar surface area (TPSA) is 65.4 Å². The van der Waals surface area contributed by atoms with Gasteiger partial charge >= 0.3 is 0 Å². The third-order valence-electron chi connectivity index (χ3n) is 5.87. The van der Waals surface area contributed by atoms with Crippen molar-refractivity contribution < 1.29 is 9.21 Å². The quantitative estimate of drug-likeness (QED) is 0.895. The number of rotatable bonds is 5. The van der Waals surface area contributed by atoms with E-state index in [2.05, 4.69) is 25.8 Å². The Kier molecular flexibility index (Phi) is 4.85. The predicted molar refractivity (Wildman–Crippen MR) is 98.5 cm³/mol. The summed E-state index contributed by atoms with van der Waals surface area (Å²) in [6.07, 6.45) is 8.49. The van der Waals surface area contributed by atoms with Gasteiger partial charge in [0.2, 0.25) is 5.91 Å². The van der Waals surface area contributed by atoms with Gasteiger partial charge in [0.05, 0.1) is 12.9 Å². The zero-order chi connectivity index (χ0) is 18.0. The number of imidazole rings is 1. The highest BCUT2D eigenvalue weighted by atomic mass is 16.3. The van der Waals surface area contributed by atoms with Crippen LogP contribution < -0.4 is 0 Å². The number of furan rings is 1. The average molecular weight is 356 g/mol. The number of hydrogen-bond donors (Lipinski definition) is 1. The number of likely N-dealkylation sites (tertiary alicyclic amines) is 2. The molecule has 0 aromatic carbocycles. The first kappa shape index (κ1) is 17.3. The highest BCUT2D eigenvalue weighted by molar-refractivity contribution is 5.77. The van der Waals surface area contributed by atoms with Crippen molar-refractivity contribution in [1.29, 1.82) is 0 Å². The summed E-state index contributed by atoms with van der Waals surface area (Å²) in [4.78, 5) is 24.2. The van der Waals surface area contributed by atoms with Crippen molar-refractivity contribution >= 4 is 5.91 Å². The van der Waals surface area contributed by atoms with Gasteiger partial charge in [-0.2, -0.15) is 0 Å². The molecule has 26 heavy (non-hydrogen) atoms. The van der Waals surface area contributed by atoms with Crippen molar-refractivity contribution in [3.05, 3.63) is 41.9 Å². The van der Waals surface area contributed by atoms with Crippen molar-refractivity contribution in [2.75, 3.05) is 26.2 Å². The molecule has 1 N–H and O–H groups in total. The fourth-order valence-electron chi connectivity index (χ4n) is 4.55. The van der Waals surface area contributed by atoms with Crippen molar-refractivity contribution in [1.82, 2.24) is 19.8 Å². The molecule has 0 aliphatic carbocycles. The monoisotopic (exact) mass is 356 g/mol. The SMILES string of the molecule is Cc1ccc(CN2CCCC3(CCC(=O)N(CCc4cnc[nH]4)C3)C2)o1. The van der Waals surface area contributed by atoms with Crippen LogP contribution in [0.1, 0.15) is 42.9 Å². The molecule has 0 saturated carbocycles. The van der Waals surface area contributed by atoms with E-state index in [0.717, 1.165) is 62.8 Å². The molecule has 2 aliphatic heterocycles. The van der Waals surface area contributed by atoms with Crippen molar-refractivity contribution in [3.8, 4) is 0 Å². The van der Waals surface area contributed by atoms with Crippen LogP contribution in [-0.4, -0.2) is 51.9 Å². The van der Waals surface area contributed by atoms with Crippen LogP contribution in [0.4, 0.5) is 0 Å². The van der Waals surface area contributed by atoms with Gasteiger partial charge < -0.3 is 14.3 Å². The molecule has 2 aliphatic rings. The van der Waals surface area contributed by atoms with E-state index in [1.807, 2.05) is 19.2 Å². The molecule has 2 saturated heterocycles. The number of aryl methyl sites for hydroxylation is 1. The average Bonchev–Trinajstić information content (AvgIpc) is 3.28. The van der Waals surface area contributed by atoms with E-state index in [1.165, 1.54) is 12.8 Å². The summed E-state index contributed by atoms with van der Waals surface area (Å²) in [7, 11) is 0. The van der Waals surface area contributed by atoms with Crippen LogP contribution in [0.25, 0.3) is 0 Å². The number of aromatic nitrogens is 2. The number of amides is 1. The first-order chi connectivity index (χ1) is 12.6. The molecular formula is C20H28N4O2. The molecule has 1 unspecified atom stereocenters. The Balaban J connectivity index is 1.38. The van der Waals surface area contributed by atoms with Crippen LogP contribution in [0.3, 0.4) is 0 Å².